The molecule has 1 amide bonds. The minimum absolute atomic E-state index is 0.0626. The molecule has 0 radical (unpaired) electrons. The van der Waals surface area contributed by atoms with Crippen LogP contribution in [0.1, 0.15) is 54.5 Å². The Morgan fingerprint density at radius 1 is 1.15 bits per heavy atom. The van der Waals surface area contributed by atoms with Gasteiger partial charge in [-0.15, -0.1) is 11.3 Å². The van der Waals surface area contributed by atoms with Crippen molar-refractivity contribution in [2.24, 2.45) is 5.92 Å². The Kier molecular flexibility index (Phi) is 6.93. The van der Waals surface area contributed by atoms with Crippen LogP contribution in [0.3, 0.4) is 0 Å². The first kappa shape index (κ1) is 24.6. The van der Waals surface area contributed by atoms with Crippen molar-refractivity contribution in [2.45, 2.75) is 58.3 Å². The van der Waals surface area contributed by atoms with Crippen molar-refractivity contribution in [1.82, 2.24) is 14.4 Å². The molecule has 2 aromatic heterocycles. The molecule has 1 aliphatic rings. The number of nitrogens with one attached hydrogen (secondary N) is 1. The number of anilines is 1. The van der Waals surface area contributed by atoms with Gasteiger partial charge in [0.1, 0.15) is 0 Å². The van der Waals surface area contributed by atoms with E-state index in [0.717, 1.165) is 11.3 Å². The topological polar surface area (TPSA) is 105 Å². The zero-order valence-corrected chi connectivity index (χ0v) is 21.7. The lowest BCUT2D eigenvalue weighted by molar-refractivity contribution is -0.120. The first-order valence-corrected chi connectivity index (χ1v) is 13.6. The van der Waals surface area contributed by atoms with Crippen LogP contribution in [0, 0.1) is 26.7 Å². The summed E-state index contributed by atoms with van der Waals surface area (Å²) in [6, 6.07) is 7.46. The van der Waals surface area contributed by atoms with E-state index < -0.39 is 10.0 Å². The van der Waals surface area contributed by atoms with Crippen LogP contribution >= 0.6 is 11.3 Å². The molecular weight excluding hydrogens is 472 g/mol. The van der Waals surface area contributed by atoms with Crippen LogP contribution in [0.25, 0.3) is 10.7 Å². The number of hydrogen-bond acceptors (Lipinski definition) is 7. The number of carbonyl (C=O) groups is 1. The third kappa shape index (κ3) is 4.94. The summed E-state index contributed by atoms with van der Waals surface area (Å²) >= 11 is 1.34. The second-order valence-electron chi connectivity index (χ2n) is 9.11. The highest BCUT2D eigenvalue weighted by atomic mass is 32.2. The van der Waals surface area contributed by atoms with Crippen LogP contribution in [0.2, 0.25) is 0 Å². The number of aromatic nitrogens is 2. The Balaban J connectivity index is 1.43. The van der Waals surface area contributed by atoms with Crippen LogP contribution in [0.4, 0.5) is 5.69 Å². The minimum atomic E-state index is -3.68. The zero-order valence-electron chi connectivity index (χ0n) is 20.1. The quantitative estimate of drug-likeness (QED) is 0.515. The number of rotatable bonds is 6. The standard InChI is InChI=1S/C24H30N4O4S2/c1-14(2)24-26-22(27-32-24)20-13-21(17(5)33-20)34(30,31)28-10-8-18(9-11-28)23(29)25-19-7-6-15(3)16(4)12-19/h6-7,12-14,18H,8-11H2,1-5H3,(H,25,29). The SMILES string of the molecule is Cc1ccc(NC(=O)C2CCN(S(=O)(=O)c3cc(-c4noc(C(C)C)n4)sc3C)CC2)cc1C. The molecule has 10 heteroatoms. The second kappa shape index (κ2) is 9.59. The zero-order chi connectivity index (χ0) is 24.6. The molecule has 1 aliphatic heterocycles. The van der Waals surface area contributed by atoms with Gasteiger partial charge in [-0.2, -0.15) is 9.29 Å². The molecule has 3 aromatic rings. The third-order valence-corrected chi connectivity index (χ3v) is 9.45. The molecule has 0 aliphatic carbocycles. The maximum atomic E-state index is 13.4. The fraction of sp³-hybridized carbons (Fsp3) is 0.458. The van der Waals surface area contributed by atoms with Gasteiger partial charge in [-0.3, -0.25) is 4.79 Å². The maximum absolute atomic E-state index is 13.4. The number of nitrogens with zero attached hydrogens (tertiary/aromatic N) is 3. The molecule has 1 aromatic carbocycles. The monoisotopic (exact) mass is 502 g/mol. The summed E-state index contributed by atoms with van der Waals surface area (Å²) in [5.41, 5.74) is 3.06. The number of benzene rings is 1. The van der Waals surface area contributed by atoms with Crippen molar-refractivity contribution < 1.29 is 17.7 Å². The molecule has 34 heavy (non-hydrogen) atoms. The van der Waals surface area contributed by atoms with Crippen molar-refractivity contribution in [3.05, 3.63) is 46.2 Å². The van der Waals surface area contributed by atoms with Gasteiger partial charge in [0.25, 0.3) is 0 Å². The molecular formula is C24H30N4O4S2. The van der Waals surface area contributed by atoms with Crippen molar-refractivity contribution >= 4 is 33.0 Å². The Bertz CT molecular complexity index is 1300. The summed E-state index contributed by atoms with van der Waals surface area (Å²) in [6.07, 6.45) is 0.961. The summed E-state index contributed by atoms with van der Waals surface area (Å²) in [5.74, 6) is 0.735. The van der Waals surface area contributed by atoms with Gasteiger partial charge >= 0.3 is 0 Å². The van der Waals surface area contributed by atoms with E-state index in [4.69, 9.17) is 4.52 Å². The first-order valence-electron chi connectivity index (χ1n) is 11.4. The lowest BCUT2D eigenvalue weighted by Gasteiger charge is -2.30. The lowest BCUT2D eigenvalue weighted by atomic mass is 9.97. The molecule has 0 saturated carbocycles. The van der Waals surface area contributed by atoms with Gasteiger partial charge in [-0.1, -0.05) is 25.1 Å². The van der Waals surface area contributed by atoms with E-state index in [1.807, 2.05) is 45.9 Å². The molecule has 0 bridgehead atoms. The van der Waals surface area contributed by atoms with Gasteiger partial charge in [0.2, 0.25) is 27.6 Å². The highest BCUT2D eigenvalue weighted by Crippen LogP contribution is 2.35. The van der Waals surface area contributed by atoms with Gasteiger partial charge in [0, 0.05) is 35.5 Å². The molecule has 1 saturated heterocycles. The summed E-state index contributed by atoms with van der Waals surface area (Å²) in [7, 11) is -3.68. The van der Waals surface area contributed by atoms with Gasteiger partial charge in [0.15, 0.2) is 0 Å². The summed E-state index contributed by atoms with van der Waals surface area (Å²) in [6.45, 7) is 10.3. The van der Waals surface area contributed by atoms with E-state index in [0.29, 0.717) is 47.4 Å². The molecule has 1 fully saturated rings. The third-order valence-electron chi connectivity index (χ3n) is 6.25. The highest BCUT2D eigenvalue weighted by molar-refractivity contribution is 7.89. The van der Waals surface area contributed by atoms with Crippen LogP contribution in [-0.4, -0.2) is 41.9 Å². The highest BCUT2D eigenvalue weighted by Gasteiger charge is 2.34. The van der Waals surface area contributed by atoms with E-state index in [2.05, 4.69) is 15.5 Å². The molecule has 1 N–H and O–H groups in total. The smallest absolute Gasteiger partial charge is 0.244 e. The number of hydrogen-bond donors (Lipinski definition) is 1. The summed E-state index contributed by atoms with van der Waals surface area (Å²) in [4.78, 5) is 18.7. The molecule has 182 valence electrons. The number of thiophene rings is 1. The van der Waals surface area contributed by atoms with Gasteiger partial charge < -0.3 is 9.84 Å². The Morgan fingerprint density at radius 2 is 1.85 bits per heavy atom. The minimum Gasteiger partial charge on any atom is -0.339 e. The molecule has 0 unspecified atom stereocenters. The van der Waals surface area contributed by atoms with Crippen LogP contribution < -0.4 is 5.32 Å². The molecule has 4 rings (SSSR count). The lowest BCUT2D eigenvalue weighted by Crippen LogP contribution is -2.41. The normalized spacial score (nSPS) is 15.7. The van der Waals surface area contributed by atoms with E-state index >= 15 is 0 Å². The van der Waals surface area contributed by atoms with Gasteiger partial charge in [-0.25, -0.2) is 8.42 Å². The molecule has 0 spiro atoms. The molecule has 0 atom stereocenters. The fourth-order valence-electron chi connectivity index (χ4n) is 3.96. The average molecular weight is 503 g/mol. The van der Waals surface area contributed by atoms with Crippen molar-refractivity contribution in [1.29, 1.82) is 0 Å². The largest absolute Gasteiger partial charge is 0.339 e. The fourth-order valence-corrected chi connectivity index (χ4v) is 6.92. The number of sulfonamides is 1. The Labute approximate surface area is 204 Å². The average Bonchev–Trinajstić information content (AvgIpc) is 3.44. The number of aryl methyl sites for hydroxylation is 3. The van der Waals surface area contributed by atoms with E-state index in [9.17, 15) is 13.2 Å². The Morgan fingerprint density at radius 3 is 2.47 bits per heavy atom. The van der Waals surface area contributed by atoms with E-state index in [1.54, 1.807) is 13.0 Å². The predicted molar refractivity (Wildman–Crippen MR) is 132 cm³/mol. The number of piperidine rings is 1. The Hall–Kier alpha value is -2.56. The summed E-state index contributed by atoms with van der Waals surface area (Å²) in [5, 5.41) is 6.98. The van der Waals surface area contributed by atoms with Crippen LogP contribution in [0.5, 0.6) is 0 Å². The summed E-state index contributed by atoms with van der Waals surface area (Å²) < 4.78 is 33.5. The van der Waals surface area contributed by atoms with Crippen molar-refractivity contribution in [3.63, 3.8) is 0 Å². The van der Waals surface area contributed by atoms with Crippen molar-refractivity contribution in [2.75, 3.05) is 18.4 Å². The first-order chi connectivity index (χ1) is 16.1. The number of carbonyl (C=O) groups excluding carboxylic acids is 1. The molecule has 3 heterocycles. The molecule has 8 nitrogen and oxygen atoms in total. The van der Waals surface area contributed by atoms with Gasteiger partial charge in [0.05, 0.1) is 9.77 Å². The van der Waals surface area contributed by atoms with Crippen LogP contribution in [0.15, 0.2) is 33.7 Å². The van der Waals surface area contributed by atoms with Gasteiger partial charge in [-0.05, 0) is 62.9 Å². The van der Waals surface area contributed by atoms with Crippen LogP contribution in [-0.2, 0) is 14.8 Å². The van der Waals surface area contributed by atoms with Crippen molar-refractivity contribution in [3.8, 4) is 10.7 Å². The van der Waals surface area contributed by atoms with E-state index in [1.165, 1.54) is 21.2 Å². The second-order valence-corrected chi connectivity index (χ2v) is 12.3. The predicted octanol–water partition coefficient (Wildman–Crippen LogP) is 4.89. The maximum Gasteiger partial charge on any atom is 0.244 e. The number of amides is 1. The van der Waals surface area contributed by atoms with E-state index in [-0.39, 0.29) is 22.6 Å².